The van der Waals surface area contributed by atoms with E-state index in [0.29, 0.717) is 16.4 Å². The average Bonchev–Trinajstić information content (AvgIpc) is 2.87. The number of hydrogen-bond donors (Lipinski definition) is 0. The number of benzene rings is 1. The molecule has 5 nitrogen and oxygen atoms in total. The molecular weight excluding hydrogens is 360 g/mol. The Morgan fingerprint density at radius 2 is 1.89 bits per heavy atom. The molecule has 3 rings (SSSR count). The molecule has 1 amide bonds. The van der Waals surface area contributed by atoms with Crippen LogP contribution in [0.1, 0.15) is 58.7 Å². The van der Waals surface area contributed by atoms with Gasteiger partial charge in [-0.25, -0.2) is 9.79 Å². The summed E-state index contributed by atoms with van der Waals surface area (Å²) in [5.74, 6) is -0.446. The lowest BCUT2D eigenvalue weighted by atomic mass is 9.85. The van der Waals surface area contributed by atoms with Gasteiger partial charge in [-0.3, -0.25) is 9.69 Å². The number of ether oxygens (including phenoxy) is 1. The van der Waals surface area contributed by atoms with E-state index in [0.717, 1.165) is 5.56 Å². The summed E-state index contributed by atoms with van der Waals surface area (Å²) in [7, 11) is 0. The van der Waals surface area contributed by atoms with Gasteiger partial charge in [-0.15, -0.1) is 0 Å². The van der Waals surface area contributed by atoms with E-state index >= 15 is 0 Å². The third kappa shape index (κ3) is 3.55. The van der Waals surface area contributed by atoms with Crippen LogP contribution in [0.5, 0.6) is 0 Å². The Bertz CT molecular complexity index is 834. The molecule has 27 heavy (non-hydrogen) atoms. The number of esters is 1. The molecule has 2 atom stereocenters. The molecule has 0 saturated carbocycles. The van der Waals surface area contributed by atoms with Crippen LogP contribution < -0.4 is 0 Å². The Labute approximate surface area is 164 Å². The van der Waals surface area contributed by atoms with Crippen LogP contribution in [0.15, 0.2) is 40.5 Å². The molecule has 2 unspecified atom stereocenters. The highest BCUT2D eigenvalue weighted by Crippen LogP contribution is 2.43. The van der Waals surface area contributed by atoms with Crippen LogP contribution in [0.4, 0.5) is 0 Å². The molecule has 0 bridgehead atoms. The first-order valence-corrected chi connectivity index (χ1v) is 10.1. The third-order valence-electron chi connectivity index (χ3n) is 4.85. The van der Waals surface area contributed by atoms with Crippen molar-refractivity contribution >= 4 is 28.8 Å². The second-order valence-corrected chi connectivity index (χ2v) is 9.16. The minimum atomic E-state index is -0.504. The number of rotatable bonds is 3. The summed E-state index contributed by atoms with van der Waals surface area (Å²) in [5, 5.41) is 0.442. The molecule has 0 aromatic heterocycles. The minimum Gasteiger partial charge on any atom is -0.463 e. The molecule has 144 valence electrons. The molecular formula is C21H26N2O3S. The third-order valence-corrected chi connectivity index (χ3v) is 5.90. The number of nitrogens with zero attached hydrogens (tertiary/aromatic N) is 2. The first-order valence-electron chi connectivity index (χ1n) is 9.22. The van der Waals surface area contributed by atoms with E-state index in [1.807, 2.05) is 19.1 Å². The van der Waals surface area contributed by atoms with Crippen LogP contribution in [-0.2, 0) is 19.7 Å². The second-order valence-electron chi connectivity index (χ2n) is 7.86. The van der Waals surface area contributed by atoms with Crippen LogP contribution in [0.25, 0.3) is 0 Å². The van der Waals surface area contributed by atoms with Gasteiger partial charge in [0, 0.05) is 0 Å². The van der Waals surface area contributed by atoms with E-state index in [-0.39, 0.29) is 23.2 Å². The Hall–Kier alpha value is -2.08. The van der Waals surface area contributed by atoms with Gasteiger partial charge in [0.15, 0.2) is 5.17 Å². The van der Waals surface area contributed by atoms with Gasteiger partial charge in [0.25, 0.3) is 0 Å². The summed E-state index contributed by atoms with van der Waals surface area (Å²) in [6.07, 6.45) is 0. The van der Waals surface area contributed by atoms with E-state index < -0.39 is 12.0 Å². The van der Waals surface area contributed by atoms with Gasteiger partial charge >= 0.3 is 5.97 Å². The van der Waals surface area contributed by atoms with Gasteiger partial charge in [0.2, 0.25) is 5.91 Å². The molecule has 0 N–H and O–H groups in total. The van der Waals surface area contributed by atoms with Gasteiger partial charge in [-0.1, -0.05) is 56.8 Å². The number of amides is 1. The first kappa shape index (κ1) is 19.7. The van der Waals surface area contributed by atoms with Crippen molar-refractivity contribution in [1.29, 1.82) is 0 Å². The molecule has 2 heterocycles. The number of allylic oxidation sites excluding steroid dienone is 1. The fourth-order valence-electron chi connectivity index (χ4n) is 3.35. The minimum absolute atomic E-state index is 0.0290. The highest BCUT2D eigenvalue weighted by molar-refractivity contribution is 8.15. The first-order chi connectivity index (χ1) is 12.6. The van der Waals surface area contributed by atoms with Crippen LogP contribution in [0.3, 0.4) is 0 Å². The Morgan fingerprint density at radius 1 is 1.26 bits per heavy atom. The molecule has 0 spiro atoms. The fraction of sp³-hybridized carbons (Fsp3) is 0.476. The second kappa shape index (κ2) is 7.15. The van der Waals surface area contributed by atoms with E-state index in [2.05, 4.69) is 37.9 Å². The van der Waals surface area contributed by atoms with E-state index in [1.165, 1.54) is 17.3 Å². The molecule has 2 aliphatic rings. The summed E-state index contributed by atoms with van der Waals surface area (Å²) in [5.41, 5.74) is 3.16. The Kier molecular flexibility index (Phi) is 5.21. The molecule has 1 aromatic carbocycles. The number of amidine groups is 1. The molecule has 0 radical (unpaired) electrons. The summed E-state index contributed by atoms with van der Waals surface area (Å²) in [6.45, 7) is 12.2. The molecule has 1 saturated heterocycles. The normalized spacial score (nSPS) is 22.7. The summed E-state index contributed by atoms with van der Waals surface area (Å²) in [4.78, 5) is 31.7. The van der Waals surface area contributed by atoms with E-state index in [9.17, 15) is 9.59 Å². The average molecular weight is 387 g/mol. The Balaban J connectivity index is 2.11. The highest BCUT2D eigenvalue weighted by Gasteiger charge is 2.46. The summed E-state index contributed by atoms with van der Waals surface area (Å²) < 4.78 is 5.28. The van der Waals surface area contributed by atoms with E-state index in [4.69, 9.17) is 4.74 Å². The summed E-state index contributed by atoms with van der Waals surface area (Å²) in [6, 6.07) is 7.63. The molecule has 1 aromatic rings. The number of hydrogen-bond acceptors (Lipinski definition) is 5. The Morgan fingerprint density at radius 3 is 2.44 bits per heavy atom. The van der Waals surface area contributed by atoms with Crippen molar-refractivity contribution in [2.24, 2.45) is 4.99 Å². The standard InChI is InChI=1S/C21H26N2O3S/c1-7-26-19(25)16-12(2)22-20-23(18(24)13(3)27-20)17(16)14-8-10-15(11-9-14)21(4,5)6/h8-11,13,17H,7H2,1-6H3. The topological polar surface area (TPSA) is 59.0 Å². The lowest BCUT2D eigenvalue weighted by Gasteiger charge is -2.33. The largest absolute Gasteiger partial charge is 0.463 e. The molecule has 2 aliphatic heterocycles. The van der Waals surface area contributed by atoms with Gasteiger partial charge in [0.05, 0.1) is 29.2 Å². The van der Waals surface area contributed by atoms with Crippen molar-refractivity contribution in [1.82, 2.24) is 4.90 Å². The lowest BCUT2D eigenvalue weighted by molar-refractivity contribution is -0.139. The maximum Gasteiger partial charge on any atom is 0.338 e. The van der Waals surface area contributed by atoms with Crippen LogP contribution in [0.2, 0.25) is 0 Å². The van der Waals surface area contributed by atoms with Gasteiger partial charge < -0.3 is 4.74 Å². The molecule has 1 fully saturated rings. The van der Waals surface area contributed by atoms with Gasteiger partial charge in [0.1, 0.15) is 0 Å². The monoisotopic (exact) mass is 386 g/mol. The predicted molar refractivity (Wildman–Crippen MR) is 109 cm³/mol. The van der Waals surface area contributed by atoms with Crippen molar-refractivity contribution in [3.63, 3.8) is 0 Å². The summed E-state index contributed by atoms with van der Waals surface area (Å²) >= 11 is 1.43. The van der Waals surface area contributed by atoms with Crippen LogP contribution >= 0.6 is 11.8 Å². The number of fused-ring (bicyclic) bond motifs is 1. The van der Waals surface area contributed by atoms with Crippen LogP contribution in [-0.4, -0.2) is 33.8 Å². The zero-order chi connectivity index (χ0) is 19.9. The maximum atomic E-state index is 12.8. The van der Waals surface area contributed by atoms with Gasteiger partial charge in [-0.2, -0.15) is 0 Å². The van der Waals surface area contributed by atoms with Gasteiger partial charge in [-0.05, 0) is 37.3 Å². The molecule has 6 heteroatoms. The number of aliphatic imine (C=N–C) groups is 1. The van der Waals surface area contributed by atoms with Crippen molar-refractivity contribution in [3.8, 4) is 0 Å². The van der Waals surface area contributed by atoms with Crippen LogP contribution in [0, 0.1) is 0 Å². The smallest absolute Gasteiger partial charge is 0.338 e. The van der Waals surface area contributed by atoms with Crippen molar-refractivity contribution in [2.45, 2.75) is 58.2 Å². The van der Waals surface area contributed by atoms with Crippen molar-refractivity contribution in [2.75, 3.05) is 6.61 Å². The number of thioether (sulfide) groups is 1. The van der Waals surface area contributed by atoms with E-state index in [1.54, 1.807) is 18.7 Å². The molecule has 0 aliphatic carbocycles. The lowest BCUT2D eigenvalue weighted by Crippen LogP contribution is -2.40. The zero-order valence-electron chi connectivity index (χ0n) is 16.7. The SMILES string of the molecule is CCOC(=O)C1=C(C)N=C2SC(C)C(=O)N2C1c1ccc(C(C)(C)C)cc1. The maximum absolute atomic E-state index is 12.8. The number of carbonyl (C=O) groups is 2. The fourth-order valence-corrected chi connectivity index (χ4v) is 4.38. The zero-order valence-corrected chi connectivity index (χ0v) is 17.5. The number of carbonyl (C=O) groups excluding carboxylic acids is 2. The van der Waals surface area contributed by atoms with Crippen molar-refractivity contribution < 1.29 is 14.3 Å². The quantitative estimate of drug-likeness (QED) is 0.731. The predicted octanol–water partition coefficient (Wildman–Crippen LogP) is 4.20. The van der Waals surface area contributed by atoms with Crippen molar-refractivity contribution in [3.05, 3.63) is 46.7 Å². The highest BCUT2D eigenvalue weighted by atomic mass is 32.2.